The fraction of sp³-hybridized carbons (Fsp3) is 0.333. The Morgan fingerprint density at radius 2 is 2.04 bits per heavy atom. The summed E-state index contributed by atoms with van der Waals surface area (Å²) in [6, 6.07) is 12.2. The highest BCUT2D eigenvalue weighted by Crippen LogP contribution is 2.13. The molecule has 1 aromatic carbocycles. The summed E-state index contributed by atoms with van der Waals surface area (Å²) in [4.78, 5) is 26.8. The standard InChI is InChI=1S/C18H21N3O3/c19-14-8-9-21(12-14)18(23)15(11-13-5-2-1-3-6-13)20-17(22)16-7-4-10-24-16/h1-7,10,14-15H,8-9,11-12,19H2,(H,20,22)/t14-,15?/m1/s1. The van der Waals surface area contributed by atoms with Gasteiger partial charge < -0.3 is 20.4 Å². The van der Waals surface area contributed by atoms with Gasteiger partial charge in [-0.1, -0.05) is 30.3 Å². The molecule has 0 saturated carbocycles. The van der Waals surface area contributed by atoms with Gasteiger partial charge in [0.15, 0.2) is 5.76 Å². The van der Waals surface area contributed by atoms with Gasteiger partial charge in [0.05, 0.1) is 6.26 Å². The third-order valence-corrected chi connectivity index (χ3v) is 4.17. The van der Waals surface area contributed by atoms with E-state index in [4.69, 9.17) is 10.2 Å². The van der Waals surface area contributed by atoms with Gasteiger partial charge in [-0.2, -0.15) is 0 Å². The molecule has 2 atom stereocenters. The zero-order valence-electron chi connectivity index (χ0n) is 13.4. The highest BCUT2D eigenvalue weighted by Gasteiger charge is 2.31. The molecular formula is C18H21N3O3. The molecule has 1 aliphatic heterocycles. The van der Waals surface area contributed by atoms with Crippen LogP contribution < -0.4 is 11.1 Å². The SMILES string of the molecule is N[C@@H]1CCN(C(=O)C(Cc2ccccc2)NC(=O)c2ccco2)C1. The Kier molecular flexibility index (Phi) is 4.96. The Morgan fingerprint density at radius 1 is 1.25 bits per heavy atom. The van der Waals surface area contributed by atoms with Crippen molar-refractivity contribution < 1.29 is 14.0 Å². The summed E-state index contributed by atoms with van der Waals surface area (Å²) in [5, 5.41) is 2.79. The lowest BCUT2D eigenvalue weighted by Crippen LogP contribution is -2.49. The monoisotopic (exact) mass is 327 g/mol. The van der Waals surface area contributed by atoms with Crippen LogP contribution >= 0.6 is 0 Å². The van der Waals surface area contributed by atoms with Gasteiger partial charge >= 0.3 is 0 Å². The number of benzene rings is 1. The molecule has 0 bridgehead atoms. The number of furan rings is 1. The molecule has 0 radical (unpaired) electrons. The zero-order chi connectivity index (χ0) is 16.9. The van der Waals surface area contributed by atoms with Crippen LogP contribution in [-0.2, 0) is 11.2 Å². The number of carbonyl (C=O) groups is 2. The summed E-state index contributed by atoms with van der Waals surface area (Å²) >= 11 is 0. The van der Waals surface area contributed by atoms with Gasteiger partial charge in [-0.15, -0.1) is 0 Å². The number of nitrogens with one attached hydrogen (secondary N) is 1. The predicted octanol–water partition coefficient (Wildman–Crippen LogP) is 1.18. The third kappa shape index (κ3) is 3.83. The van der Waals surface area contributed by atoms with Gasteiger partial charge in [0, 0.05) is 25.6 Å². The van der Waals surface area contributed by atoms with Crippen molar-refractivity contribution in [1.29, 1.82) is 0 Å². The van der Waals surface area contributed by atoms with Crippen LogP contribution in [0.1, 0.15) is 22.5 Å². The molecule has 1 fully saturated rings. The van der Waals surface area contributed by atoms with Gasteiger partial charge in [-0.05, 0) is 24.1 Å². The lowest BCUT2D eigenvalue weighted by atomic mass is 10.0. The quantitative estimate of drug-likeness (QED) is 0.863. The summed E-state index contributed by atoms with van der Waals surface area (Å²) < 4.78 is 5.11. The first-order valence-electron chi connectivity index (χ1n) is 8.06. The molecule has 2 aromatic rings. The first kappa shape index (κ1) is 16.3. The summed E-state index contributed by atoms with van der Waals surface area (Å²) in [5.74, 6) is -0.302. The largest absolute Gasteiger partial charge is 0.459 e. The van der Waals surface area contributed by atoms with E-state index in [2.05, 4.69) is 5.32 Å². The highest BCUT2D eigenvalue weighted by atomic mass is 16.3. The van der Waals surface area contributed by atoms with Gasteiger partial charge in [-0.3, -0.25) is 9.59 Å². The molecule has 1 saturated heterocycles. The van der Waals surface area contributed by atoms with Gasteiger partial charge in [-0.25, -0.2) is 0 Å². The first-order valence-corrected chi connectivity index (χ1v) is 8.06. The lowest BCUT2D eigenvalue weighted by Gasteiger charge is -2.24. The minimum absolute atomic E-state index is 0.00657. The van der Waals surface area contributed by atoms with Crippen molar-refractivity contribution in [3.05, 3.63) is 60.1 Å². The van der Waals surface area contributed by atoms with Gasteiger partial charge in [0.25, 0.3) is 5.91 Å². The molecule has 1 unspecified atom stereocenters. The molecule has 2 heterocycles. The van der Waals surface area contributed by atoms with Crippen LogP contribution in [0.4, 0.5) is 0 Å². The molecule has 3 rings (SSSR count). The average Bonchev–Trinajstić information content (AvgIpc) is 3.26. The van der Waals surface area contributed by atoms with E-state index in [-0.39, 0.29) is 17.7 Å². The van der Waals surface area contributed by atoms with Crippen molar-refractivity contribution in [2.75, 3.05) is 13.1 Å². The average molecular weight is 327 g/mol. The van der Waals surface area contributed by atoms with E-state index >= 15 is 0 Å². The third-order valence-electron chi connectivity index (χ3n) is 4.17. The lowest BCUT2D eigenvalue weighted by molar-refractivity contribution is -0.132. The first-order chi connectivity index (χ1) is 11.6. The van der Waals surface area contributed by atoms with Crippen LogP contribution in [0, 0.1) is 0 Å². The normalized spacial score (nSPS) is 18.4. The van der Waals surface area contributed by atoms with Crippen LogP contribution in [0.3, 0.4) is 0 Å². The molecule has 2 amide bonds. The molecule has 0 aliphatic carbocycles. The fourth-order valence-corrected chi connectivity index (χ4v) is 2.89. The molecular weight excluding hydrogens is 306 g/mol. The summed E-state index contributed by atoms with van der Waals surface area (Å²) in [6.07, 6.45) is 2.65. The van der Waals surface area contributed by atoms with Gasteiger partial charge in [0.2, 0.25) is 5.91 Å². The van der Waals surface area contributed by atoms with E-state index in [1.807, 2.05) is 30.3 Å². The van der Waals surface area contributed by atoms with E-state index in [0.29, 0.717) is 19.5 Å². The van der Waals surface area contributed by atoms with Crippen LogP contribution in [0.2, 0.25) is 0 Å². The number of hydrogen-bond acceptors (Lipinski definition) is 4. The fourth-order valence-electron chi connectivity index (χ4n) is 2.89. The van der Waals surface area contributed by atoms with Crippen molar-refractivity contribution in [1.82, 2.24) is 10.2 Å². The van der Waals surface area contributed by atoms with Crippen molar-refractivity contribution in [3.8, 4) is 0 Å². The van der Waals surface area contributed by atoms with Crippen molar-refractivity contribution >= 4 is 11.8 Å². The molecule has 1 aromatic heterocycles. The highest BCUT2D eigenvalue weighted by molar-refractivity contribution is 5.95. The summed E-state index contributed by atoms with van der Waals surface area (Å²) in [6.45, 7) is 1.16. The Balaban J connectivity index is 1.75. The smallest absolute Gasteiger partial charge is 0.287 e. The van der Waals surface area contributed by atoms with E-state index in [0.717, 1.165) is 12.0 Å². The van der Waals surface area contributed by atoms with Crippen LogP contribution in [0.5, 0.6) is 0 Å². The van der Waals surface area contributed by atoms with E-state index in [1.54, 1.807) is 17.0 Å². The van der Waals surface area contributed by atoms with Crippen LogP contribution in [0.15, 0.2) is 53.1 Å². The number of likely N-dealkylation sites (tertiary alicyclic amines) is 1. The zero-order valence-corrected chi connectivity index (χ0v) is 13.4. The second kappa shape index (κ2) is 7.31. The number of nitrogens with two attached hydrogens (primary N) is 1. The van der Waals surface area contributed by atoms with Crippen molar-refractivity contribution in [3.63, 3.8) is 0 Å². The maximum absolute atomic E-state index is 12.8. The Hall–Kier alpha value is -2.60. The van der Waals surface area contributed by atoms with Crippen molar-refractivity contribution in [2.24, 2.45) is 5.73 Å². The Labute approximate surface area is 140 Å². The Morgan fingerprint density at radius 3 is 2.67 bits per heavy atom. The summed E-state index contributed by atoms with van der Waals surface area (Å²) in [7, 11) is 0. The number of nitrogens with zero attached hydrogens (tertiary/aromatic N) is 1. The maximum Gasteiger partial charge on any atom is 0.287 e. The molecule has 6 nitrogen and oxygen atoms in total. The number of hydrogen-bond donors (Lipinski definition) is 2. The summed E-state index contributed by atoms with van der Waals surface area (Å²) in [5.41, 5.74) is 6.88. The predicted molar refractivity (Wildman–Crippen MR) is 89.3 cm³/mol. The molecule has 24 heavy (non-hydrogen) atoms. The molecule has 3 N–H and O–H groups in total. The van der Waals surface area contributed by atoms with Crippen LogP contribution in [-0.4, -0.2) is 41.9 Å². The topological polar surface area (TPSA) is 88.6 Å². The van der Waals surface area contributed by atoms with E-state index in [1.165, 1.54) is 6.26 Å². The van der Waals surface area contributed by atoms with Crippen molar-refractivity contribution in [2.45, 2.75) is 24.9 Å². The number of amides is 2. The molecule has 6 heteroatoms. The Bertz CT molecular complexity index is 685. The number of rotatable bonds is 5. The second-order valence-corrected chi connectivity index (χ2v) is 6.03. The second-order valence-electron chi connectivity index (χ2n) is 6.03. The van der Waals surface area contributed by atoms with Crippen LogP contribution in [0.25, 0.3) is 0 Å². The molecule has 126 valence electrons. The number of carbonyl (C=O) groups excluding carboxylic acids is 2. The molecule has 0 spiro atoms. The maximum atomic E-state index is 12.8. The minimum Gasteiger partial charge on any atom is -0.459 e. The minimum atomic E-state index is -0.643. The van der Waals surface area contributed by atoms with E-state index in [9.17, 15) is 9.59 Å². The molecule has 1 aliphatic rings. The van der Waals surface area contributed by atoms with Gasteiger partial charge in [0.1, 0.15) is 6.04 Å². The van der Waals surface area contributed by atoms with E-state index < -0.39 is 11.9 Å².